The van der Waals surface area contributed by atoms with Crippen LogP contribution in [0.2, 0.25) is 0 Å². The van der Waals surface area contributed by atoms with Crippen molar-refractivity contribution in [1.29, 1.82) is 0 Å². The van der Waals surface area contributed by atoms with Gasteiger partial charge in [0.1, 0.15) is 5.75 Å². The third kappa shape index (κ3) is 3.62. The minimum Gasteiger partial charge on any atom is -0.496 e. The zero-order chi connectivity index (χ0) is 16.9. The highest BCUT2D eigenvalue weighted by Crippen LogP contribution is 2.28. The van der Waals surface area contributed by atoms with Crippen LogP contribution >= 0.6 is 15.9 Å². The lowest BCUT2D eigenvalue weighted by Crippen LogP contribution is -2.22. The van der Waals surface area contributed by atoms with Gasteiger partial charge < -0.3 is 14.5 Å². The summed E-state index contributed by atoms with van der Waals surface area (Å²) in [6.07, 6.45) is 0. The number of carbonyl (C=O) groups excluding carboxylic acids is 1. The number of amides is 1. The summed E-state index contributed by atoms with van der Waals surface area (Å²) < 4.78 is 11.8. The Balaban J connectivity index is 1.68. The fourth-order valence-electron chi connectivity index (χ4n) is 2.11. The lowest BCUT2D eigenvalue weighted by Gasteiger charge is -2.04. The van der Waals surface area contributed by atoms with Crippen LogP contribution in [0.25, 0.3) is 11.5 Å². The molecular formula is C17H14BrN3O3. The number of hydrogen-bond donors (Lipinski definition) is 1. The largest absolute Gasteiger partial charge is 0.496 e. The fourth-order valence-corrected chi connectivity index (χ4v) is 2.38. The Morgan fingerprint density at radius 1 is 1.17 bits per heavy atom. The molecule has 0 aliphatic rings. The standard InChI is InChI=1S/C17H14BrN3O3/c1-23-14-5-3-2-4-13(14)17-21-20-15(24-17)10-19-16(22)11-6-8-12(18)9-7-11/h2-9H,10H2,1H3,(H,19,22). The Morgan fingerprint density at radius 3 is 2.67 bits per heavy atom. The van der Waals surface area contributed by atoms with E-state index >= 15 is 0 Å². The number of carbonyl (C=O) groups is 1. The summed E-state index contributed by atoms with van der Waals surface area (Å²) in [4.78, 5) is 12.1. The zero-order valence-corrected chi connectivity index (χ0v) is 14.4. The Kier molecular flexibility index (Phi) is 4.90. The molecule has 24 heavy (non-hydrogen) atoms. The van der Waals surface area contributed by atoms with Crippen LogP contribution in [-0.4, -0.2) is 23.2 Å². The molecule has 3 aromatic rings. The molecule has 1 amide bonds. The fraction of sp³-hybridized carbons (Fsp3) is 0.118. The molecule has 0 aliphatic heterocycles. The second-order valence-electron chi connectivity index (χ2n) is 4.89. The van der Waals surface area contributed by atoms with Gasteiger partial charge in [-0.1, -0.05) is 28.1 Å². The zero-order valence-electron chi connectivity index (χ0n) is 12.8. The van der Waals surface area contributed by atoms with Crippen LogP contribution in [0.3, 0.4) is 0 Å². The summed E-state index contributed by atoms with van der Waals surface area (Å²) >= 11 is 3.33. The van der Waals surface area contributed by atoms with Gasteiger partial charge in [0.25, 0.3) is 11.8 Å². The SMILES string of the molecule is COc1ccccc1-c1nnc(CNC(=O)c2ccc(Br)cc2)o1. The molecule has 0 bridgehead atoms. The first-order chi connectivity index (χ1) is 11.7. The predicted octanol–water partition coefficient (Wildman–Crippen LogP) is 3.44. The molecule has 0 spiro atoms. The van der Waals surface area contributed by atoms with Crippen molar-refractivity contribution in [1.82, 2.24) is 15.5 Å². The Labute approximate surface area is 147 Å². The molecule has 1 N–H and O–H groups in total. The second-order valence-corrected chi connectivity index (χ2v) is 5.81. The van der Waals surface area contributed by atoms with Gasteiger partial charge in [-0.2, -0.15) is 0 Å². The lowest BCUT2D eigenvalue weighted by molar-refractivity contribution is 0.0947. The molecule has 0 radical (unpaired) electrons. The van der Waals surface area contributed by atoms with Gasteiger partial charge in [-0.05, 0) is 36.4 Å². The van der Waals surface area contributed by atoms with Crippen LogP contribution in [0, 0.1) is 0 Å². The van der Waals surface area contributed by atoms with Gasteiger partial charge >= 0.3 is 0 Å². The highest BCUT2D eigenvalue weighted by atomic mass is 79.9. The minimum atomic E-state index is -0.209. The molecule has 122 valence electrons. The molecule has 2 aromatic carbocycles. The normalized spacial score (nSPS) is 10.4. The van der Waals surface area contributed by atoms with Crippen molar-refractivity contribution < 1.29 is 13.9 Å². The number of aromatic nitrogens is 2. The number of nitrogens with one attached hydrogen (secondary N) is 1. The highest BCUT2D eigenvalue weighted by molar-refractivity contribution is 9.10. The monoisotopic (exact) mass is 387 g/mol. The summed E-state index contributed by atoms with van der Waals surface area (Å²) in [5, 5.41) is 10.7. The van der Waals surface area contributed by atoms with E-state index in [1.807, 2.05) is 24.3 Å². The van der Waals surface area contributed by atoms with Gasteiger partial charge in [-0.15, -0.1) is 10.2 Å². The third-order valence-electron chi connectivity index (χ3n) is 3.31. The number of hydrogen-bond acceptors (Lipinski definition) is 5. The maximum atomic E-state index is 12.1. The van der Waals surface area contributed by atoms with Gasteiger partial charge in [-0.25, -0.2) is 0 Å². The number of nitrogens with zero attached hydrogens (tertiary/aromatic N) is 2. The van der Waals surface area contributed by atoms with Crippen molar-refractivity contribution in [2.75, 3.05) is 7.11 Å². The Hall–Kier alpha value is -2.67. The van der Waals surface area contributed by atoms with E-state index in [-0.39, 0.29) is 12.5 Å². The van der Waals surface area contributed by atoms with Crippen LogP contribution in [0.1, 0.15) is 16.2 Å². The first kappa shape index (κ1) is 16.2. The van der Waals surface area contributed by atoms with Crippen LogP contribution < -0.4 is 10.1 Å². The summed E-state index contributed by atoms with van der Waals surface area (Å²) in [6.45, 7) is 0.150. The Morgan fingerprint density at radius 2 is 1.92 bits per heavy atom. The first-order valence-corrected chi connectivity index (χ1v) is 7.96. The van der Waals surface area contributed by atoms with Gasteiger partial charge in [0, 0.05) is 10.0 Å². The van der Waals surface area contributed by atoms with Crippen molar-refractivity contribution in [3.8, 4) is 17.2 Å². The van der Waals surface area contributed by atoms with Crippen LogP contribution in [0.15, 0.2) is 57.4 Å². The molecule has 6 nitrogen and oxygen atoms in total. The van der Waals surface area contributed by atoms with Gasteiger partial charge in [-0.3, -0.25) is 4.79 Å². The number of methoxy groups -OCH3 is 1. The molecule has 0 saturated carbocycles. The van der Waals surface area contributed by atoms with Crippen LogP contribution in [-0.2, 0) is 6.54 Å². The van der Waals surface area contributed by atoms with E-state index in [1.54, 1.807) is 31.4 Å². The minimum absolute atomic E-state index is 0.150. The topological polar surface area (TPSA) is 77.3 Å². The van der Waals surface area contributed by atoms with Crippen molar-refractivity contribution in [2.24, 2.45) is 0 Å². The summed E-state index contributed by atoms with van der Waals surface area (Å²) in [5.74, 6) is 1.10. The molecule has 0 saturated heterocycles. The molecule has 1 aromatic heterocycles. The van der Waals surface area contributed by atoms with Gasteiger partial charge in [0.15, 0.2) is 0 Å². The Bertz CT molecular complexity index is 846. The first-order valence-electron chi connectivity index (χ1n) is 7.17. The second kappa shape index (κ2) is 7.27. The number of halogens is 1. The summed E-state index contributed by atoms with van der Waals surface area (Å²) in [5.41, 5.74) is 1.26. The maximum Gasteiger partial charge on any atom is 0.251 e. The summed E-state index contributed by atoms with van der Waals surface area (Å²) in [6, 6.07) is 14.4. The van der Waals surface area contributed by atoms with Crippen molar-refractivity contribution in [2.45, 2.75) is 6.54 Å². The summed E-state index contributed by atoms with van der Waals surface area (Å²) in [7, 11) is 1.58. The van der Waals surface area contributed by atoms with Crippen molar-refractivity contribution in [3.63, 3.8) is 0 Å². The van der Waals surface area contributed by atoms with E-state index in [4.69, 9.17) is 9.15 Å². The molecule has 0 unspecified atom stereocenters. The highest BCUT2D eigenvalue weighted by Gasteiger charge is 2.13. The smallest absolute Gasteiger partial charge is 0.251 e. The number of rotatable bonds is 5. The average molecular weight is 388 g/mol. The van der Waals surface area contributed by atoms with Crippen molar-refractivity contribution >= 4 is 21.8 Å². The van der Waals surface area contributed by atoms with E-state index < -0.39 is 0 Å². The van der Waals surface area contributed by atoms with E-state index in [1.165, 1.54) is 0 Å². The van der Waals surface area contributed by atoms with Crippen LogP contribution in [0.5, 0.6) is 5.75 Å². The molecule has 0 aliphatic carbocycles. The molecular weight excluding hydrogens is 374 g/mol. The van der Waals surface area contributed by atoms with Crippen LogP contribution in [0.4, 0.5) is 0 Å². The molecule has 7 heteroatoms. The maximum absolute atomic E-state index is 12.1. The molecule has 0 fully saturated rings. The molecule has 0 atom stereocenters. The number of ether oxygens (including phenoxy) is 1. The number of benzene rings is 2. The third-order valence-corrected chi connectivity index (χ3v) is 3.84. The lowest BCUT2D eigenvalue weighted by atomic mass is 10.2. The van der Waals surface area contributed by atoms with E-state index in [2.05, 4.69) is 31.4 Å². The molecule has 1 heterocycles. The predicted molar refractivity (Wildman–Crippen MR) is 91.6 cm³/mol. The van der Waals surface area contributed by atoms with Gasteiger partial charge in [0.05, 0.1) is 19.2 Å². The average Bonchev–Trinajstić information content (AvgIpc) is 3.09. The van der Waals surface area contributed by atoms with Crippen molar-refractivity contribution in [3.05, 3.63) is 64.5 Å². The number of para-hydroxylation sites is 1. The quantitative estimate of drug-likeness (QED) is 0.725. The molecule has 3 rings (SSSR count). The van der Waals surface area contributed by atoms with E-state index in [0.29, 0.717) is 28.7 Å². The van der Waals surface area contributed by atoms with E-state index in [0.717, 1.165) is 4.47 Å². The van der Waals surface area contributed by atoms with E-state index in [9.17, 15) is 4.79 Å². The van der Waals surface area contributed by atoms with Gasteiger partial charge in [0.2, 0.25) is 5.89 Å².